The first-order valence-electron chi connectivity index (χ1n) is 8.65. The minimum atomic E-state index is -0.411. The zero-order valence-corrected chi connectivity index (χ0v) is 14.8. The van der Waals surface area contributed by atoms with Crippen LogP contribution in [0.3, 0.4) is 0 Å². The maximum Gasteiger partial charge on any atom is 0.290 e. The van der Waals surface area contributed by atoms with Crippen molar-refractivity contribution in [3.05, 3.63) is 95.6 Å². The lowest BCUT2D eigenvalue weighted by atomic mass is 9.93. The third-order valence-electron chi connectivity index (χ3n) is 4.73. The van der Waals surface area contributed by atoms with Crippen LogP contribution in [0.15, 0.2) is 83.2 Å². The average Bonchev–Trinajstić information content (AvgIpc) is 3.31. The number of rotatable bonds is 5. The molecular formula is C22H19NO4. The topological polar surface area (TPSA) is 62.9 Å². The number of carbonyl (C=O) groups is 1. The second-order valence-electron chi connectivity index (χ2n) is 6.32. The molecule has 0 fully saturated rings. The summed E-state index contributed by atoms with van der Waals surface area (Å²) in [5.74, 6) is 0.728. The normalized spacial score (nSPS) is 16.9. The van der Waals surface area contributed by atoms with Gasteiger partial charge in [0.25, 0.3) is 5.91 Å². The van der Waals surface area contributed by atoms with E-state index in [1.54, 1.807) is 24.3 Å². The summed E-state index contributed by atoms with van der Waals surface area (Å²) in [5, 5.41) is 10.7. The Morgan fingerprint density at radius 3 is 2.41 bits per heavy atom. The van der Waals surface area contributed by atoms with Crippen molar-refractivity contribution in [2.45, 2.75) is 12.6 Å². The zero-order valence-electron chi connectivity index (χ0n) is 14.8. The van der Waals surface area contributed by atoms with Crippen molar-refractivity contribution in [3.8, 4) is 5.75 Å². The molecule has 1 aliphatic rings. The molecule has 1 atom stereocenters. The Labute approximate surface area is 157 Å². The molecule has 1 unspecified atom stereocenters. The van der Waals surface area contributed by atoms with Gasteiger partial charge in [-0.15, -0.1) is 0 Å². The highest BCUT2D eigenvalue weighted by Crippen LogP contribution is 2.43. The Balaban J connectivity index is 1.80. The first-order chi connectivity index (χ1) is 13.2. The van der Waals surface area contributed by atoms with Crippen molar-refractivity contribution in [1.29, 1.82) is 0 Å². The van der Waals surface area contributed by atoms with Crippen molar-refractivity contribution in [3.63, 3.8) is 0 Å². The second-order valence-corrected chi connectivity index (χ2v) is 6.32. The van der Waals surface area contributed by atoms with E-state index < -0.39 is 11.9 Å². The fourth-order valence-corrected chi connectivity index (χ4v) is 3.43. The molecule has 0 spiro atoms. The van der Waals surface area contributed by atoms with Gasteiger partial charge in [-0.2, -0.15) is 0 Å². The maximum atomic E-state index is 12.9. The lowest BCUT2D eigenvalue weighted by Crippen LogP contribution is -2.29. The molecule has 0 saturated carbocycles. The maximum absolute atomic E-state index is 12.9. The predicted octanol–water partition coefficient (Wildman–Crippen LogP) is 4.34. The smallest absolute Gasteiger partial charge is 0.290 e. The van der Waals surface area contributed by atoms with Crippen molar-refractivity contribution in [2.24, 2.45) is 0 Å². The zero-order chi connectivity index (χ0) is 18.8. The van der Waals surface area contributed by atoms with Crippen LogP contribution in [0.5, 0.6) is 5.75 Å². The van der Waals surface area contributed by atoms with Crippen LogP contribution >= 0.6 is 0 Å². The molecule has 5 nitrogen and oxygen atoms in total. The minimum Gasteiger partial charge on any atom is -0.503 e. The number of methoxy groups -OCH3 is 1. The SMILES string of the molecule is COc1ccc(C2=C(O)C(=O)N(Cc3ccco3)C2c2ccccc2)cc1. The second kappa shape index (κ2) is 7.03. The van der Waals surface area contributed by atoms with Crippen molar-refractivity contribution >= 4 is 11.5 Å². The van der Waals surface area contributed by atoms with Gasteiger partial charge in [-0.25, -0.2) is 0 Å². The minimum absolute atomic E-state index is 0.236. The summed E-state index contributed by atoms with van der Waals surface area (Å²) in [7, 11) is 1.60. The van der Waals surface area contributed by atoms with Crippen LogP contribution in [0.1, 0.15) is 22.9 Å². The molecule has 0 saturated heterocycles. The molecule has 2 heterocycles. The molecule has 0 bridgehead atoms. The monoisotopic (exact) mass is 361 g/mol. The van der Waals surface area contributed by atoms with Crippen LogP contribution in [0.2, 0.25) is 0 Å². The number of hydrogen-bond acceptors (Lipinski definition) is 4. The predicted molar refractivity (Wildman–Crippen MR) is 101 cm³/mol. The molecule has 1 aliphatic heterocycles. The Morgan fingerprint density at radius 1 is 1.04 bits per heavy atom. The van der Waals surface area contributed by atoms with Gasteiger partial charge >= 0.3 is 0 Å². The van der Waals surface area contributed by atoms with Gasteiger partial charge in [0.2, 0.25) is 0 Å². The van der Waals surface area contributed by atoms with Gasteiger partial charge in [-0.1, -0.05) is 42.5 Å². The van der Waals surface area contributed by atoms with Gasteiger partial charge in [-0.3, -0.25) is 4.79 Å². The van der Waals surface area contributed by atoms with E-state index in [1.807, 2.05) is 60.7 Å². The summed E-state index contributed by atoms with van der Waals surface area (Å²) in [6.45, 7) is 0.273. The van der Waals surface area contributed by atoms with Crippen molar-refractivity contribution in [2.75, 3.05) is 7.11 Å². The summed E-state index contributed by atoms with van der Waals surface area (Å²) >= 11 is 0. The fraction of sp³-hybridized carbons (Fsp3) is 0.136. The van der Waals surface area contributed by atoms with E-state index in [1.165, 1.54) is 0 Å². The number of hydrogen-bond donors (Lipinski definition) is 1. The molecule has 4 rings (SSSR count). The van der Waals surface area contributed by atoms with Crippen molar-refractivity contribution in [1.82, 2.24) is 4.90 Å². The Hall–Kier alpha value is -3.47. The summed E-state index contributed by atoms with van der Waals surface area (Å²) < 4.78 is 10.6. The molecule has 1 N–H and O–H groups in total. The summed E-state index contributed by atoms with van der Waals surface area (Å²) in [5.41, 5.74) is 2.28. The largest absolute Gasteiger partial charge is 0.503 e. The van der Waals surface area contributed by atoms with E-state index in [0.29, 0.717) is 17.1 Å². The van der Waals surface area contributed by atoms with Gasteiger partial charge in [0, 0.05) is 5.57 Å². The van der Waals surface area contributed by atoms with Crippen LogP contribution in [0, 0.1) is 0 Å². The first kappa shape index (κ1) is 17.0. The molecule has 1 amide bonds. The quantitative estimate of drug-likeness (QED) is 0.734. The molecule has 3 aromatic rings. The number of furan rings is 1. The molecule has 2 aromatic carbocycles. The Bertz CT molecular complexity index is 959. The van der Waals surface area contributed by atoms with Gasteiger partial charge in [0.1, 0.15) is 11.5 Å². The molecule has 0 aliphatic carbocycles. The highest BCUT2D eigenvalue weighted by atomic mass is 16.5. The Morgan fingerprint density at radius 2 is 1.78 bits per heavy atom. The molecule has 27 heavy (non-hydrogen) atoms. The number of carbonyl (C=O) groups excluding carboxylic acids is 1. The highest BCUT2D eigenvalue weighted by molar-refractivity contribution is 6.05. The lowest BCUT2D eigenvalue weighted by Gasteiger charge is -2.26. The third-order valence-corrected chi connectivity index (χ3v) is 4.73. The summed E-state index contributed by atoms with van der Waals surface area (Å²) in [6.07, 6.45) is 1.57. The Kier molecular flexibility index (Phi) is 4.42. The van der Waals surface area contributed by atoms with Crippen LogP contribution in [0.4, 0.5) is 0 Å². The third kappa shape index (κ3) is 3.08. The first-order valence-corrected chi connectivity index (χ1v) is 8.65. The van der Waals surface area contributed by atoms with Crippen LogP contribution in [0.25, 0.3) is 5.57 Å². The average molecular weight is 361 g/mol. The molecule has 1 aromatic heterocycles. The van der Waals surface area contributed by atoms with Crippen LogP contribution < -0.4 is 4.74 Å². The number of benzene rings is 2. The highest BCUT2D eigenvalue weighted by Gasteiger charge is 2.41. The molecular weight excluding hydrogens is 342 g/mol. The number of amides is 1. The number of nitrogens with zero attached hydrogens (tertiary/aromatic N) is 1. The van der Waals surface area contributed by atoms with E-state index in [2.05, 4.69) is 0 Å². The van der Waals surface area contributed by atoms with Crippen molar-refractivity contribution < 1.29 is 19.1 Å². The summed E-state index contributed by atoms with van der Waals surface area (Å²) in [6, 6.07) is 20.2. The van der Waals surface area contributed by atoms with E-state index in [4.69, 9.17) is 9.15 Å². The number of aliphatic hydroxyl groups excluding tert-OH is 1. The van der Waals surface area contributed by atoms with Crippen LogP contribution in [-0.2, 0) is 11.3 Å². The number of ether oxygens (including phenoxy) is 1. The molecule has 136 valence electrons. The van der Waals surface area contributed by atoms with E-state index in [0.717, 1.165) is 11.1 Å². The summed E-state index contributed by atoms with van der Waals surface area (Å²) in [4.78, 5) is 14.5. The standard InChI is InChI=1S/C22H19NO4/c1-26-17-11-9-15(10-12-17)19-20(16-6-3-2-4-7-16)23(22(25)21(19)24)14-18-8-5-13-27-18/h2-13,20,24H,14H2,1H3. The van der Waals surface area contributed by atoms with Crippen LogP contribution in [-0.4, -0.2) is 23.0 Å². The fourth-order valence-electron chi connectivity index (χ4n) is 3.43. The lowest BCUT2D eigenvalue weighted by molar-refractivity contribution is -0.130. The van der Waals surface area contributed by atoms with E-state index in [-0.39, 0.29) is 12.3 Å². The van der Waals surface area contributed by atoms with E-state index >= 15 is 0 Å². The van der Waals surface area contributed by atoms with Gasteiger partial charge in [0.05, 0.1) is 26.0 Å². The molecule has 0 radical (unpaired) electrons. The number of aliphatic hydroxyl groups is 1. The molecule has 5 heteroatoms. The van der Waals surface area contributed by atoms with Gasteiger partial charge < -0.3 is 19.2 Å². The van der Waals surface area contributed by atoms with E-state index in [9.17, 15) is 9.90 Å². The van der Waals surface area contributed by atoms with Gasteiger partial charge in [0.15, 0.2) is 5.76 Å². The van der Waals surface area contributed by atoms with Gasteiger partial charge in [-0.05, 0) is 35.4 Å².